The van der Waals surface area contributed by atoms with E-state index in [2.05, 4.69) is 51.2 Å². The molecule has 1 aromatic rings. The topological polar surface area (TPSA) is 21.3 Å². The molecule has 0 aromatic heterocycles. The van der Waals surface area contributed by atoms with Crippen LogP contribution < -0.4 is 5.32 Å². The molecule has 0 radical (unpaired) electrons. The van der Waals surface area contributed by atoms with E-state index in [-0.39, 0.29) is 0 Å². The van der Waals surface area contributed by atoms with Crippen LogP contribution in [0.2, 0.25) is 0 Å². The quantitative estimate of drug-likeness (QED) is 0.801. The summed E-state index contributed by atoms with van der Waals surface area (Å²) in [5.41, 5.74) is 5.08. The molecule has 0 bridgehead atoms. The second-order valence-electron chi connectivity index (χ2n) is 7.27. The number of methoxy groups -OCH3 is 1. The molecule has 2 rings (SSSR count). The van der Waals surface area contributed by atoms with Gasteiger partial charge in [0, 0.05) is 25.6 Å². The lowest BCUT2D eigenvalue weighted by Crippen LogP contribution is -2.52. The van der Waals surface area contributed by atoms with E-state index >= 15 is 0 Å². The van der Waals surface area contributed by atoms with Crippen LogP contribution in [0.1, 0.15) is 43.4 Å². The molecule has 1 fully saturated rings. The molecule has 112 valence electrons. The van der Waals surface area contributed by atoms with Gasteiger partial charge in [-0.2, -0.15) is 0 Å². The van der Waals surface area contributed by atoms with E-state index in [9.17, 15) is 0 Å². The Morgan fingerprint density at radius 3 is 2.40 bits per heavy atom. The van der Waals surface area contributed by atoms with Gasteiger partial charge in [0.1, 0.15) is 0 Å². The molecule has 20 heavy (non-hydrogen) atoms. The highest BCUT2D eigenvalue weighted by Crippen LogP contribution is 2.55. The highest BCUT2D eigenvalue weighted by molar-refractivity contribution is 5.37. The van der Waals surface area contributed by atoms with Gasteiger partial charge in [0.2, 0.25) is 0 Å². The second-order valence-corrected chi connectivity index (χ2v) is 7.27. The summed E-state index contributed by atoms with van der Waals surface area (Å²) >= 11 is 0. The lowest BCUT2D eigenvalue weighted by molar-refractivity contribution is 0.0547. The molecule has 0 aliphatic heterocycles. The van der Waals surface area contributed by atoms with Crippen molar-refractivity contribution >= 4 is 0 Å². The Morgan fingerprint density at radius 2 is 1.85 bits per heavy atom. The van der Waals surface area contributed by atoms with Crippen molar-refractivity contribution in [3.05, 3.63) is 34.9 Å². The first kappa shape index (κ1) is 15.5. The number of hydrogen-bond acceptors (Lipinski definition) is 2. The van der Waals surface area contributed by atoms with Crippen molar-refractivity contribution in [2.45, 2.75) is 46.0 Å². The maximum Gasteiger partial charge on any atom is 0.0587 e. The summed E-state index contributed by atoms with van der Waals surface area (Å²) in [5.74, 6) is 0. The van der Waals surface area contributed by atoms with Gasteiger partial charge in [-0.3, -0.25) is 0 Å². The first-order valence-electron chi connectivity index (χ1n) is 7.66. The molecule has 0 heterocycles. The van der Waals surface area contributed by atoms with E-state index in [1.807, 2.05) is 0 Å². The van der Waals surface area contributed by atoms with E-state index in [1.165, 1.54) is 29.5 Å². The minimum atomic E-state index is 0.315. The molecular formula is C18H29NO. The summed E-state index contributed by atoms with van der Waals surface area (Å²) < 4.78 is 5.13. The zero-order valence-electron chi connectivity index (χ0n) is 13.7. The molecular weight excluding hydrogens is 246 g/mol. The number of aryl methyl sites for hydroxylation is 2. The smallest absolute Gasteiger partial charge is 0.0587 e. The molecule has 1 saturated carbocycles. The van der Waals surface area contributed by atoms with Crippen LogP contribution in [-0.4, -0.2) is 26.8 Å². The first-order chi connectivity index (χ1) is 9.38. The Morgan fingerprint density at radius 1 is 1.15 bits per heavy atom. The molecule has 2 nitrogen and oxygen atoms in total. The monoisotopic (exact) mass is 275 g/mol. The van der Waals surface area contributed by atoms with Crippen LogP contribution in [0, 0.1) is 19.3 Å². The Bertz CT molecular complexity index is 456. The minimum absolute atomic E-state index is 0.315. The highest BCUT2D eigenvalue weighted by atomic mass is 16.5. The van der Waals surface area contributed by atoms with Crippen LogP contribution in [0.5, 0.6) is 0 Å². The van der Waals surface area contributed by atoms with Crippen molar-refractivity contribution in [1.29, 1.82) is 0 Å². The van der Waals surface area contributed by atoms with Gasteiger partial charge < -0.3 is 10.1 Å². The summed E-state index contributed by atoms with van der Waals surface area (Å²) in [6.45, 7) is 11.9. The molecule has 0 atom stereocenters. The van der Waals surface area contributed by atoms with Crippen LogP contribution in [0.4, 0.5) is 0 Å². The summed E-state index contributed by atoms with van der Waals surface area (Å²) in [7, 11) is 1.76. The van der Waals surface area contributed by atoms with E-state index in [0.29, 0.717) is 10.8 Å². The van der Waals surface area contributed by atoms with Crippen molar-refractivity contribution in [3.63, 3.8) is 0 Å². The van der Waals surface area contributed by atoms with Crippen LogP contribution in [0.15, 0.2) is 18.2 Å². The van der Waals surface area contributed by atoms with E-state index in [1.54, 1.807) is 7.11 Å². The zero-order chi connectivity index (χ0) is 14.8. The molecule has 1 N–H and O–H groups in total. The predicted molar refractivity (Wildman–Crippen MR) is 85.4 cm³/mol. The van der Waals surface area contributed by atoms with E-state index < -0.39 is 0 Å². The van der Waals surface area contributed by atoms with Crippen LogP contribution in [-0.2, 0) is 10.2 Å². The van der Waals surface area contributed by atoms with Crippen molar-refractivity contribution in [2.24, 2.45) is 5.41 Å². The van der Waals surface area contributed by atoms with Crippen LogP contribution >= 0.6 is 0 Å². The summed E-state index contributed by atoms with van der Waals surface area (Å²) in [5, 5.41) is 3.57. The number of rotatable bonds is 6. The standard InChI is InChI=1S/C18H29NO/c1-14-6-7-16(10-15(14)2)18(11-17(3,4)12-18)13-19-8-9-20-5/h6-7,10,19H,8-9,11-13H2,1-5H3. The molecule has 1 aromatic carbocycles. The highest BCUT2D eigenvalue weighted by Gasteiger charge is 2.49. The number of hydrogen-bond donors (Lipinski definition) is 1. The van der Waals surface area contributed by atoms with E-state index in [4.69, 9.17) is 4.74 Å². The lowest BCUT2D eigenvalue weighted by atomic mass is 9.51. The largest absolute Gasteiger partial charge is 0.383 e. The third-order valence-electron chi connectivity index (χ3n) is 4.70. The molecule has 2 heteroatoms. The number of ether oxygens (including phenoxy) is 1. The number of benzene rings is 1. The summed E-state index contributed by atoms with van der Waals surface area (Å²) in [6.07, 6.45) is 2.53. The molecule has 1 aliphatic rings. The predicted octanol–water partition coefficient (Wildman–Crippen LogP) is 3.60. The van der Waals surface area contributed by atoms with Gasteiger partial charge in [0.15, 0.2) is 0 Å². The SMILES string of the molecule is COCCNCC1(c2ccc(C)c(C)c2)CC(C)(C)C1. The fourth-order valence-corrected chi connectivity index (χ4v) is 3.78. The maximum absolute atomic E-state index is 5.13. The fraction of sp³-hybridized carbons (Fsp3) is 0.667. The number of nitrogens with one attached hydrogen (secondary N) is 1. The van der Waals surface area contributed by atoms with Gasteiger partial charge in [0.05, 0.1) is 6.61 Å². The molecule has 1 aliphatic carbocycles. The average Bonchev–Trinajstić information content (AvgIpc) is 2.35. The lowest BCUT2D eigenvalue weighted by Gasteiger charge is -2.54. The zero-order valence-corrected chi connectivity index (χ0v) is 13.7. The molecule has 0 saturated heterocycles. The average molecular weight is 275 g/mol. The summed E-state index contributed by atoms with van der Waals surface area (Å²) in [4.78, 5) is 0. The van der Waals surface area contributed by atoms with Gasteiger partial charge in [-0.25, -0.2) is 0 Å². The Kier molecular flexibility index (Phi) is 4.55. The Hall–Kier alpha value is -0.860. The maximum atomic E-state index is 5.13. The van der Waals surface area contributed by atoms with Gasteiger partial charge in [-0.1, -0.05) is 32.0 Å². The molecule has 0 unspecified atom stereocenters. The third kappa shape index (κ3) is 3.24. The van der Waals surface area contributed by atoms with Gasteiger partial charge in [-0.15, -0.1) is 0 Å². The second kappa shape index (κ2) is 5.87. The van der Waals surface area contributed by atoms with E-state index in [0.717, 1.165) is 19.7 Å². The summed E-state index contributed by atoms with van der Waals surface area (Å²) in [6, 6.07) is 6.99. The molecule has 0 amide bonds. The van der Waals surface area contributed by atoms with Crippen molar-refractivity contribution in [2.75, 3.05) is 26.8 Å². The third-order valence-corrected chi connectivity index (χ3v) is 4.70. The fourth-order valence-electron chi connectivity index (χ4n) is 3.78. The van der Waals surface area contributed by atoms with Crippen LogP contribution in [0.25, 0.3) is 0 Å². The van der Waals surface area contributed by atoms with Crippen molar-refractivity contribution < 1.29 is 4.74 Å². The normalized spacial score (nSPS) is 19.6. The minimum Gasteiger partial charge on any atom is -0.383 e. The van der Waals surface area contributed by atoms with Crippen molar-refractivity contribution in [1.82, 2.24) is 5.32 Å². The van der Waals surface area contributed by atoms with Crippen molar-refractivity contribution in [3.8, 4) is 0 Å². The Balaban J connectivity index is 2.13. The van der Waals surface area contributed by atoms with Gasteiger partial charge in [-0.05, 0) is 48.8 Å². The van der Waals surface area contributed by atoms with Crippen LogP contribution in [0.3, 0.4) is 0 Å². The van der Waals surface area contributed by atoms with Gasteiger partial charge in [0.25, 0.3) is 0 Å². The van der Waals surface area contributed by atoms with Gasteiger partial charge >= 0.3 is 0 Å². The Labute approximate surface area is 123 Å². The molecule has 0 spiro atoms. The first-order valence-corrected chi connectivity index (χ1v) is 7.66.